The fourth-order valence-electron chi connectivity index (χ4n) is 1.59. The van der Waals surface area contributed by atoms with Gasteiger partial charge >= 0.3 is 0 Å². The monoisotopic (exact) mass is 377 g/mol. The zero-order valence-electron chi connectivity index (χ0n) is 9.41. The fraction of sp³-hybridized carbons (Fsp3) is 0.231. The third-order valence-corrected chi connectivity index (χ3v) is 4.86. The average Bonchev–Trinajstić information content (AvgIpc) is 2.77. The van der Waals surface area contributed by atoms with Crippen molar-refractivity contribution in [3.8, 4) is 10.4 Å². The van der Waals surface area contributed by atoms with Crippen LogP contribution in [0.3, 0.4) is 0 Å². The van der Waals surface area contributed by atoms with E-state index in [0.717, 1.165) is 20.6 Å². The Morgan fingerprint density at radius 1 is 1.35 bits per heavy atom. The maximum Gasteiger partial charge on any atom is 0.0503 e. The van der Waals surface area contributed by atoms with Gasteiger partial charge < -0.3 is 5.73 Å². The van der Waals surface area contributed by atoms with Gasteiger partial charge in [-0.1, -0.05) is 24.6 Å². The highest BCUT2D eigenvalue weighted by molar-refractivity contribution is 14.1. The van der Waals surface area contributed by atoms with Gasteiger partial charge in [-0.2, -0.15) is 0 Å². The van der Waals surface area contributed by atoms with Crippen LogP contribution in [0.5, 0.6) is 0 Å². The Bertz CT molecular complexity index is 524. The number of halogens is 2. The van der Waals surface area contributed by atoms with Gasteiger partial charge in [0.2, 0.25) is 0 Å². The summed E-state index contributed by atoms with van der Waals surface area (Å²) in [6.45, 7) is 2.10. The van der Waals surface area contributed by atoms with Crippen molar-refractivity contribution in [2.45, 2.75) is 19.4 Å². The van der Waals surface area contributed by atoms with Crippen molar-refractivity contribution >= 4 is 45.5 Å². The minimum Gasteiger partial charge on any atom is -0.323 e. The minimum atomic E-state index is 0.136. The highest BCUT2D eigenvalue weighted by atomic mass is 127. The van der Waals surface area contributed by atoms with Gasteiger partial charge in [0, 0.05) is 24.9 Å². The van der Waals surface area contributed by atoms with Crippen molar-refractivity contribution in [2.75, 3.05) is 0 Å². The van der Waals surface area contributed by atoms with Crippen LogP contribution in [-0.2, 0) is 0 Å². The number of benzene rings is 1. The SMILES string of the molecule is CCC(N)c1ccc(-c2ccc(I)cc2Cl)s1. The lowest BCUT2D eigenvalue weighted by molar-refractivity contribution is 0.712. The molecule has 90 valence electrons. The standard InChI is InChI=1S/C13H13ClINS/c1-2-11(16)13-6-5-12(17-13)9-4-3-8(15)7-10(9)14/h3-7,11H,2,16H2,1H3. The van der Waals surface area contributed by atoms with E-state index in [2.05, 4.69) is 53.8 Å². The highest BCUT2D eigenvalue weighted by Gasteiger charge is 2.10. The predicted molar refractivity (Wildman–Crippen MR) is 84.7 cm³/mol. The zero-order chi connectivity index (χ0) is 12.4. The number of rotatable bonds is 3. The zero-order valence-corrected chi connectivity index (χ0v) is 13.1. The maximum atomic E-state index is 6.26. The second kappa shape index (κ2) is 5.69. The van der Waals surface area contributed by atoms with Crippen molar-refractivity contribution in [3.05, 3.63) is 43.8 Å². The molecule has 0 saturated heterocycles. The van der Waals surface area contributed by atoms with Gasteiger partial charge in [-0.05, 0) is 53.3 Å². The van der Waals surface area contributed by atoms with E-state index in [-0.39, 0.29) is 6.04 Å². The Hall–Kier alpha value is -0.100. The summed E-state index contributed by atoms with van der Waals surface area (Å²) in [6.07, 6.45) is 0.959. The van der Waals surface area contributed by atoms with Crippen LogP contribution >= 0.6 is 45.5 Å². The molecule has 0 aliphatic carbocycles. The molecule has 17 heavy (non-hydrogen) atoms. The van der Waals surface area contributed by atoms with Gasteiger partial charge in [0.25, 0.3) is 0 Å². The molecular formula is C13H13ClINS. The largest absolute Gasteiger partial charge is 0.323 e. The Labute approximate surface area is 124 Å². The van der Waals surface area contributed by atoms with Gasteiger partial charge in [0.15, 0.2) is 0 Å². The third-order valence-electron chi connectivity index (χ3n) is 2.63. The summed E-state index contributed by atoms with van der Waals surface area (Å²) in [5.74, 6) is 0. The van der Waals surface area contributed by atoms with E-state index in [1.54, 1.807) is 11.3 Å². The van der Waals surface area contributed by atoms with Crippen LogP contribution in [0.1, 0.15) is 24.3 Å². The summed E-state index contributed by atoms with van der Waals surface area (Å²) in [5.41, 5.74) is 7.11. The summed E-state index contributed by atoms with van der Waals surface area (Å²) in [4.78, 5) is 2.41. The van der Waals surface area contributed by atoms with Crippen molar-refractivity contribution in [2.24, 2.45) is 5.73 Å². The van der Waals surface area contributed by atoms with Gasteiger partial charge in [-0.15, -0.1) is 11.3 Å². The molecule has 0 fully saturated rings. The first-order chi connectivity index (χ1) is 8.11. The maximum absolute atomic E-state index is 6.26. The molecule has 0 saturated carbocycles. The van der Waals surface area contributed by atoms with E-state index in [0.29, 0.717) is 0 Å². The molecule has 1 aromatic heterocycles. The van der Waals surface area contributed by atoms with E-state index in [9.17, 15) is 0 Å². The molecule has 1 nitrogen and oxygen atoms in total. The van der Waals surface area contributed by atoms with Crippen molar-refractivity contribution in [3.63, 3.8) is 0 Å². The van der Waals surface area contributed by atoms with Gasteiger partial charge in [-0.25, -0.2) is 0 Å². The van der Waals surface area contributed by atoms with Gasteiger partial charge in [-0.3, -0.25) is 0 Å². The van der Waals surface area contributed by atoms with Crippen molar-refractivity contribution in [1.29, 1.82) is 0 Å². The van der Waals surface area contributed by atoms with Crippen molar-refractivity contribution < 1.29 is 0 Å². The Morgan fingerprint density at radius 3 is 2.76 bits per heavy atom. The average molecular weight is 378 g/mol. The summed E-state index contributed by atoms with van der Waals surface area (Å²) in [5, 5.41) is 0.801. The van der Waals surface area contributed by atoms with Gasteiger partial charge in [0.05, 0.1) is 5.02 Å². The lowest BCUT2D eigenvalue weighted by atomic mass is 10.2. The molecule has 1 aromatic carbocycles. The lowest BCUT2D eigenvalue weighted by Crippen LogP contribution is -2.05. The molecule has 0 aliphatic heterocycles. The van der Waals surface area contributed by atoms with Crippen molar-refractivity contribution in [1.82, 2.24) is 0 Å². The minimum absolute atomic E-state index is 0.136. The molecule has 2 aromatic rings. The van der Waals surface area contributed by atoms with Crippen LogP contribution in [0, 0.1) is 3.57 Å². The Morgan fingerprint density at radius 2 is 2.12 bits per heavy atom. The summed E-state index contributed by atoms with van der Waals surface area (Å²) >= 11 is 10.2. The first-order valence-corrected chi connectivity index (χ1v) is 7.70. The molecule has 1 heterocycles. The van der Waals surface area contributed by atoms with Crippen LogP contribution < -0.4 is 5.73 Å². The van der Waals surface area contributed by atoms with E-state index >= 15 is 0 Å². The topological polar surface area (TPSA) is 26.0 Å². The smallest absolute Gasteiger partial charge is 0.0503 e. The molecule has 2 rings (SSSR count). The van der Waals surface area contributed by atoms with Crippen LogP contribution in [0.2, 0.25) is 5.02 Å². The number of nitrogens with two attached hydrogens (primary N) is 1. The van der Waals surface area contributed by atoms with E-state index in [1.807, 2.05) is 6.07 Å². The summed E-state index contributed by atoms with van der Waals surface area (Å²) < 4.78 is 1.15. The van der Waals surface area contributed by atoms with Crippen LogP contribution in [0.4, 0.5) is 0 Å². The fourth-order valence-corrected chi connectivity index (χ4v) is 3.73. The first kappa shape index (κ1) is 13.3. The summed E-state index contributed by atoms with van der Waals surface area (Å²) in [7, 11) is 0. The second-order valence-corrected chi connectivity index (χ2v) is 6.61. The molecule has 0 spiro atoms. The molecule has 1 atom stereocenters. The molecule has 2 N–H and O–H groups in total. The number of thiophene rings is 1. The molecule has 4 heteroatoms. The number of hydrogen-bond donors (Lipinski definition) is 1. The molecular weight excluding hydrogens is 365 g/mol. The van der Waals surface area contributed by atoms with Gasteiger partial charge in [0.1, 0.15) is 0 Å². The van der Waals surface area contributed by atoms with E-state index in [1.165, 1.54) is 9.75 Å². The molecule has 1 unspecified atom stereocenters. The molecule has 0 aliphatic rings. The Kier molecular flexibility index (Phi) is 4.47. The van der Waals surface area contributed by atoms with Crippen LogP contribution in [-0.4, -0.2) is 0 Å². The highest BCUT2D eigenvalue weighted by Crippen LogP contribution is 2.36. The van der Waals surface area contributed by atoms with E-state index in [4.69, 9.17) is 17.3 Å². The lowest BCUT2D eigenvalue weighted by Gasteiger charge is -2.05. The predicted octanol–water partition coefficient (Wildman–Crippen LogP) is 5.08. The Balaban J connectivity index is 2.37. The number of hydrogen-bond acceptors (Lipinski definition) is 2. The first-order valence-electron chi connectivity index (χ1n) is 5.42. The van der Waals surface area contributed by atoms with Crippen LogP contribution in [0.15, 0.2) is 30.3 Å². The summed E-state index contributed by atoms with van der Waals surface area (Å²) in [6, 6.07) is 10.5. The van der Waals surface area contributed by atoms with E-state index < -0.39 is 0 Å². The van der Waals surface area contributed by atoms with Crippen LogP contribution in [0.25, 0.3) is 10.4 Å². The molecule has 0 radical (unpaired) electrons. The molecule has 0 amide bonds. The normalized spacial score (nSPS) is 12.7. The third kappa shape index (κ3) is 3.02. The molecule has 0 bridgehead atoms. The quantitative estimate of drug-likeness (QED) is 0.741. The second-order valence-electron chi connectivity index (χ2n) is 3.84.